The number of hydrogen-bond donors (Lipinski definition) is 5. The molecule has 14 heteroatoms. The fourth-order valence-electron chi connectivity index (χ4n) is 2.95. The van der Waals surface area contributed by atoms with E-state index in [1.54, 1.807) is 36.4 Å². The van der Waals surface area contributed by atoms with Crippen molar-refractivity contribution in [1.29, 1.82) is 0 Å². The van der Waals surface area contributed by atoms with E-state index in [1.165, 1.54) is 18.2 Å². The zero-order chi connectivity index (χ0) is 21.8. The molecule has 0 saturated carbocycles. The first-order valence-corrected chi connectivity index (χ1v) is 9.04. The van der Waals surface area contributed by atoms with Gasteiger partial charge in [-0.25, -0.2) is 4.79 Å². The van der Waals surface area contributed by atoms with Crippen molar-refractivity contribution in [2.45, 2.75) is 30.7 Å². The SMILES string of the molecule is COC(=O)[C@H]1OC(Oc2ccc(/C=C/c3cc(O)cc(O)c3)cc2)[C@H](O)[C@@H](O)[C@@H]1O.[Ac].[Ac].[Ac].[Ac].[Ac]. The molecule has 1 aliphatic heterocycles. The Morgan fingerprint density at radius 3 is 1.83 bits per heavy atom. The fourth-order valence-corrected chi connectivity index (χ4v) is 2.95. The molecule has 9 nitrogen and oxygen atoms in total. The molecule has 5 atom stereocenters. The van der Waals surface area contributed by atoms with Gasteiger partial charge in [0.15, 0.2) is 6.10 Å². The van der Waals surface area contributed by atoms with E-state index in [1.807, 2.05) is 0 Å². The van der Waals surface area contributed by atoms with Crippen molar-refractivity contribution in [3.63, 3.8) is 0 Å². The zero-order valence-electron chi connectivity index (χ0n) is 18.8. The van der Waals surface area contributed by atoms with E-state index in [2.05, 4.69) is 4.74 Å². The predicted octanol–water partition coefficient (Wildman–Crippen LogP) is 0.628. The Labute approximate surface area is 382 Å². The average molecular weight is 1550 g/mol. The minimum atomic E-state index is -1.66. The second kappa shape index (κ2) is 21.8. The number of rotatable bonds is 5. The van der Waals surface area contributed by atoms with Gasteiger partial charge in [0.2, 0.25) is 6.29 Å². The molecular formula is C21H22Ac5O9. The maximum Gasteiger partial charge on any atom is 0.337 e. The molecule has 1 heterocycles. The molecule has 2 aromatic rings. The van der Waals surface area contributed by atoms with Crippen LogP contribution in [0.15, 0.2) is 42.5 Å². The van der Waals surface area contributed by atoms with Crippen LogP contribution in [-0.4, -0.2) is 69.3 Å². The summed E-state index contributed by atoms with van der Waals surface area (Å²) in [6.07, 6.45) is -4.35. The predicted molar refractivity (Wildman–Crippen MR) is 104 cm³/mol. The molecule has 0 spiro atoms. The Hall–Kier alpha value is 4.10. The van der Waals surface area contributed by atoms with Gasteiger partial charge >= 0.3 is 5.97 Å². The van der Waals surface area contributed by atoms with Crippen LogP contribution in [0.3, 0.4) is 0 Å². The monoisotopic (exact) mass is 1550 g/mol. The summed E-state index contributed by atoms with van der Waals surface area (Å²) in [5.41, 5.74) is 1.38. The molecule has 0 bridgehead atoms. The van der Waals surface area contributed by atoms with Gasteiger partial charge in [0.25, 0.3) is 0 Å². The first kappa shape index (κ1) is 43.6. The van der Waals surface area contributed by atoms with Crippen LogP contribution in [-0.2, 0) is 14.3 Å². The number of aromatic hydroxyl groups is 2. The Morgan fingerprint density at radius 1 is 0.800 bits per heavy atom. The third-order valence-corrected chi connectivity index (χ3v) is 4.53. The van der Waals surface area contributed by atoms with E-state index in [-0.39, 0.29) is 232 Å². The number of benzene rings is 2. The van der Waals surface area contributed by atoms with Gasteiger partial charge in [0.1, 0.15) is 35.6 Å². The third-order valence-electron chi connectivity index (χ3n) is 4.53. The quantitative estimate of drug-likeness (QED) is 0.215. The van der Waals surface area contributed by atoms with Crippen molar-refractivity contribution >= 4 is 18.1 Å². The second-order valence-corrected chi connectivity index (χ2v) is 6.72. The summed E-state index contributed by atoms with van der Waals surface area (Å²) in [4.78, 5) is 11.7. The van der Waals surface area contributed by atoms with E-state index in [0.29, 0.717) is 11.3 Å². The van der Waals surface area contributed by atoms with Gasteiger partial charge in [0, 0.05) is 226 Å². The largest absolute Gasteiger partial charge is 0.508 e. The number of phenols is 2. The molecule has 35 heavy (non-hydrogen) atoms. The first-order valence-electron chi connectivity index (χ1n) is 9.04. The van der Waals surface area contributed by atoms with Crippen molar-refractivity contribution in [2.24, 2.45) is 0 Å². The maximum atomic E-state index is 11.7. The molecular weight excluding hydrogens is 1530 g/mol. The van der Waals surface area contributed by atoms with E-state index in [4.69, 9.17) is 9.47 Å². The summed E-state index contributed by atoms with van der Waals surface area (Å²) in [6, 6.07) is 10.8. The molecule has 1 fully saturated rings. The molecule has 5 N–H and O–H groups in total. The van der Waals surface area contributed by atoms with Crippen LogP contribution in [0, 0.1) is 220 Å². The third kappa shape index (κ3) is 13.3. The number of aliphatic hydroxyl groups excluding tert-OH is 3. The molecule has 175 valence electrons. The molecule has 1 saturated heterocycles. The van der Waals surface area contributed by atoms with Crippen LogP contribution < -0.4 is 4.74 Å². The molecule has 3 rings (SSSR count). The van der Waals surface area contributed by atoms with E-state index in [0.717, 1.165) is 12.7 Å². The number of carbonyl (C=O) groups is 1. The summed E-state index contributed by atoms with van der Waals surface area (Å²) in [5, 5.41) is 48.9. The first-order chi connectivity index (χ1) is 14.3. The number of aliphatic hydroxyl groups is 3. The smallest absolute Gasteiger partial charge is 0.337 e. The average Bonchev–Trinajstić information content (AvgIpc) is 2.72. The number of esters is 1. The zero-order valence-corrected chi connectivity index (χ0v) is 42.6. The van der Waals surface area contributed by atoms with Crippen LogP contribution in [0.5, 0.6) is 17.2 Å². The number of methoxy groups -OCH3 is 1. The van der Waals surface area contributed by atoms with Crippen LogP contribution in [0.25, 0.3) is 12.2 Å². The minimum absolute atomic E-state index is 0. The van der Waals surface area contributed by atoms with Crippen LogP contribution >= 0.6 is 0 Å². The number of hydrogen-bond acceptors (Lipinski definition) is 9. The number of carbonyl (C=O) groups excluding carboxylic acids is 1. The summed E-state index contributed by atoms with van der Waals surface area (Å²) in [6.45, 7) is 0. The molecule has 2 aromatic carbocycles. The Kier molecular flexibility index (Phi) is 27.1. The van der Waals surface area contributed by atoms with Crippen LogP contribution in [0.2, 0.25) is 0 Å². The van der Waals surface area contributed by atoms with Gasteiger partial charge in [-0.3, -0.25) is 0 Å². The van der Waals surface area contributed by atoms with Crippen LogP contribution in [0.4, 0.5) is 0 Å². The number of phenolic OH excluding ortho intramolecular Hbond substituents is 2. The van der Waals surface area contributed by atoms with Gasteiger partial charge in [-0.15, -0.1) is 0 Å². The molecule has 0 aromatic heterocycles. The topological polar surface area (TPSA) is 146 Å². The van der Waals surface area contributed by atoms with Crippen molar-refractivity contribution < 1.29 is 265 Å². The van der Waals surface area contributed by atoms with Gasteiger partial charge < -0.3 is 39.7 Å². The Bertz CT molecular complexity index is 910. The van der Waals surface area contributed by atoms with Gasteiger partial charge in [-0.05, 0) is 35.4 Å². The summed E-state index contributed by atoms with van der Waals surface area (Å²) in [5.74, 6) is -0.720. The van der Waals surface area contributed by atoms with Gasteiger partial charge in [-0.2, -0.15) is 0 Å². The summed E-state index contributed by atoms with van der Waals surface area (Å²) in [7, 11) is 1.11. The van der Waals surface area contributed by atoms with Crippen molar-refractivity contribution in [3.05, 3.63) is 53.6 Å². The van der Waals surface area contributed by atoms with Crippen molar-refractivity contribution in [2.75, 3.05) is 7.11 Å². The molecule has 0 aliphatic carbocycles. The Balaban J connectivity index is -0.00000205. The minimum Gasteiger partial charge on any atom is -0.508 e. The standard InChI is InChI=1S/C21H22O9.5Ac/c1-28-20(27)19-17(25)16(24)18(26)21(30-19)29-15-6-4-11(5-7-15)2-3-12-8-13(22)10-14(23)9-12;;;;;/h2-10,16-19,21-26H,1H3;;;;;/b3-2+;;;;;/t16-,17-,18+,19-,21?;;;;;/m0...../s1. The van der Waals surface area contributed by atoms with E-state index >= 15 is 0 Å². The fraction of sp³-hybridized carbons (Fsp3) is 0.286. The summed E-state index contributed by atoms with van der Waals surface area (Å²) >= 11 is 0. The van der Waals surface area contributed by atoms with E-state index < -0.39 is 36.7 Å². The molecule has 1 unspecified atom stereocenters. The number of ether oxygens (including phenoxy) is 3. The van der Waals surface area contributed by atoms with Crippen molar-refractivity contribution in [1.82, 2.24) is 0 Å². The van der Waals surface area contributed by atoms with Gasteiger partial charge in [0.05, 0.1) is 7.11 Å². The maximum absolute atomic E-state index is 11.7. The molecule has 1 aliphatic rings. The van der Waals surface area contributed by atoms with Gasteiger partial charge in [-0.1, -0.05) is 24.3 Å². The molecule has 0 amide bonds. The van der Waals surface area contributed by atoms with Crippen molar-refractivity contribution in [3.8, 4) is 17.2 Å². The van der Waals surface area contributed by atoms with Crippen LogP contribution in [0.1, 0.15) is 11.1 Å². The Morgan fingerprint density at radius 2 is 1.31 bits per heavy atom. The van der Waals surface area contributed by atoms with E-state index in [9.17, 15) is 30.3 Å². The normalized spacial score (nSPS) is 22.7. The summed E-state index contributed by atoms with van der Waals surface area (Å²) < 4.78 is 15.3. The second-order valence-electron chi connectivity index (χ2n) is 6.72. The molecule has 5 radical (unpaired) electrons.